The second-order valence-corrected chi connectivity index (χ2v) is 2.85. The van der Waals surface area contributed by atoms with Crippen LogP contribution in [0, 0.1) is 0 Å². The van der Waals surface area contributed by atoms with Gasteiger partial charge in [-0.15, -0.1) is 0 Å². The minimum Gasteiger partial charge on any atom is -0.394 e. The van der Waals surface area contributed by atoms with Crippen LogP contribution in [0.5, 0.6) is 0 Å². The molecule has 0 rings (SSSR count). The maximum Gasteiger partial charge on any atom is 0.0897 e. The third kappa shape index (κ3) is 9.88. The van der Waals surface area contributed by atoms with E-state index in [1.165, 1.54) is 0 Å². The lowest BCUT2D eigenvalue weighted by Gasteiger charge is -2.11. The van der Waals surface area contributed by atoms with Crippen LogP contribution in [0.4, 0.5) is 0 Å². The molecule has 0 fully saturated rings. The molecule has 0 saturated carbocycles. The van der Waals surface area contributed by atoms with Crippen LogP contribution in [0.25, 0.3) is 0 Å². The molecule has 0 aliphatic heterocycles. The fourth-order valence-electron chi connectivity index (χ4n) is 0.892. The van der Waals surface area contributed by atoms with Crippen LogP contribution in [0.3, 0.4) is 0 Å². The Balaban J connectivity index is 3.02. The van der Waals surface area contributed by atoms with Crippen LogP contribution < -0.4 is 5.32 Å². The molecule has 0 aliphatic rings. The van der Waals surface area contributed by atoms with E-state index in [-0.39, 0.29) is 6.61 Å². The number of aliphatic hydroxyl groups excluding tert-OH is 2. The van der Waals surface area contributed by atoms with Crippen molar-refractivity contribution < 1.29 is 19.7 Å². The Morgan fingerprint density at radius 2 is 2.07 bits per heavy atom. The molecular weight excluding hydrogens is 186 g/mol. The molecule has 0 aliphatic carbocycles. The van der Waals surface area contributed by atoms with E-state index >= 15 is 0 Å². The van der Waals surface area contributed by atoms with Crippen molar-refractivity contribution in [2.24, 2.45) is 0 Å². The Morgan fingerprint density at radius 3 is 2.71 bits per heavy atom. The Hall–Kier alpha value is -0.200. The van der Waals surface area contributed by atoms with Gasteiger partial charge in [0, 0.05) is 19.7 Å². The predicted molar refractivity (Wildman–Crippen MR) is 53.3 cm³/mol. The van der Waals surface area contributed by atoms with Crippen molar-refractivity contribution in [1.29, 1.82) is 0 Å². The van der Waals surface area contributed by atoms with Gasteiger partial charge in [-0.2, -0.15) is 0 Å². The molecule has 0 heterocycles. The van der Waals surface area contributed by atoms with Crippen molar-refractivity contribution in [3.05, 3.63) is 0 Å². The SMILES string of the molecule is CCOCC(O)CNCCOCCO. The summed E-state index contributed by atoms with van der Waals surface area (Å²) >= 11 is 0. The second kappa shape index (κ2) is 10.9. The standard InChI is InChI=1S/C9H21NO4/c1-2-13-8-9(12)7-10-3-5-14-6-4-11/h9-12H,2-8H2,1H3. The van der Waals surface area contributed by atoms with E-state index in [0.29, 0.717) is 39.5 Å². The molecule has 0 saturated heterocycles. The molecule has 5 nitrogen and oxygen atoms in total. The molecule has 1 unspecified atom stereocenters. The summed E-state index contributed by atoms with van der Waals surface area (Å²) < 4.78 is 10.1. The number of nitrogens with one attached hydrogen (secondary N) is 1. The van der Waals surface area contributed by atoms with E-state index in [1.54, 1.807) is 0 Å². The zero-order chi connectivity index (χ0) is 10.6. The van der Waals surface area contributed by atoms with E-state index in [2.05, 4.69) is 5.32 Å². The number of hydrogen-bond acceptors (Lipinski definition) is 5. The zero-order valence-corrected chi connectivity index (χ0v) is 8.74. The summed E-state index contributed by atoms with van der Waals surface area (Å²) in [7, 11) is 0. The van der Waals surface area contributed by atoms with Gasteiger partial charge >= 0.3 is 0 Å². The van der Waals surface area contributed by atoms with Crippen molar-refractivity contribution in [2.45, 2.75) is 13.0 Å². The van der Waals surface area contributed by atoms with E-state index in [4.69, 9.17) is 14.6 Å². The third-order valence-corrected chi connectivity index (χ3v) is 1.55. The molecule has 0 radical (unpaired) electrons. The summed E-state index contributed by atoms with van der Waals surface area (Å²) in [4.78, 5) is 0. The normalized spacial score (nSPS) is 13.1. The molecule has 0 bridgehead atoms. The molecule has 1 atom stereocenters. The quantitative estimate of drug-likeness (QED) is 0.400. The van der Waals surface area contributed by atoms with Crippen LogP contribution in [-0.4, -0.2) is 62.4 Å². The molecule has 14 heavy (non-hydrogen) atoms. The highest BCUT2D eigenvalue weighted by atomic mass is 16.5. The van der Waals surface area contributed by atoms with E-state index in [9.17, 15) is 5.11 Å². The summed E-state index contributed by atoms with van der Waals surface area (Å²) in [6.07, 6.45) is -0.465. The fourth-order valence-corrected chi connectivity index (χ4v) is 0.892. The van der Waals surface area contributed by atoms with Crippen LogP contribution in [0.2, 0.25) is 0 Å². The summed E-state index contributed by atoms with van der Waals surface area (Å²) in [5, 5.41) is 20.7. The third-order valence-electron chi connectivity index (χ3n) is 1.55. The first-order valence-electron chi connectivity index (χ1n) is 4.96. The van der Waals surface area contributed by atoms with Crippen molar-refractivity contribution in [1.82, 2.24) is 5.32 Å². The zero-order valence-electron chi connectivity index (χ0n) is 8.74. The van der Waals surface area contributed by atoms with E-state index < -0.39 is 6.10 Å². The molecule has 0 aromatic rings. The Kier molecular flexibility index (Phi) is 10.7. The lowest BCUT2D eigenvalue weighted by atomic mass is 10.4. The first-order valence-corrected chi connectivity index (χ1v) is 4.96. The van der Waals surface area contributed by atoms with Gasteiger partial charge in [0.1, 0.15) is 0 Å². The van der Waals surface area contributed by atoms with Crippen molar-refractivity contribution in [3.63, 3.8) is 0 Å². The van der Waals surface area contributed by atoms with Crippen LogP contribution in [0.1, 0.15) is 6.92 Å². The summed E-state index contributed by atoms with van der Waals surface area (Å²) in [5.74, 6) is 0. The number of rotatable bonds is 10. The number of aliphatic hydroxyl groups is 2. The molecule has 0 spiro atoms. The van der Waals surface area contributed by atoms with Gasteiger partial charge in [-0.3, -0.25) is 0 Å². The highest BCUT2D eigenvalue weighted by molar-refractivity contribution is 4.57. The van der Waals surface area contributed by atoms with Crippen LogP contribution in [-0.2, 0) is 9.47 Å². The van der Waals surface area contributed by atoms with Gasteiger partial charge in [-0.1, -0.05) is 0 Å². The Bertz CT molecular complexity index is 113. The van der Waals surface area contributed by atoms with Crippen molar-refractivity contribution in [2.75, 3.05) is 46.1 Å². The topological polar surface area (TPSA) is 71.0 Å². The number of ether oxygens (including phenoxy) is 2. The Morgan fingerprint density at radius 1 is 1.29 bits per heavy atom. The highest BCUT2D eigenvalue weighted by Gasteiger charge is 2.01. The first kappa shape index (κ1) is 13.8. The smallest absolute Gasteiger partial charge is 0.0897 e. The van der Waals surface area contributed by atoms with Gasteiger partial charge < -0.3 is 25.0 Å². The van der Waals surface area contributed by atoms with E-state index in [1.807, 2.05) is 6.92 Å². The van der Waals surface area contributed by atoms with Crippen molar-refractivity contribution in [3.8, 4) is 0 Å². The number of hydrogen-bond donors (Lipinski definition) is 3. The second-order valence-electron chi connectivity index (χ2n) is 2.85. The van der Waals surface area contributed by atoms with Gasteiger partial charge in [-0.05, 0) is 6.92 Å². The first-order chi connectivity index (χ1) is 6.81. The summed E-state index contributed by atoms with van der Waals surface area (Å²) in [5.41, 5.74) is 0. The van der Waals surface area contributed by atoms with Gasteiger partial charge in [-0.25, -0.2) is 0 Å². The molecule has 0 aromatic heterocycles. The van der Waals surface area contributed by atoms with E-state index in [0.717, 1.165) is 0 Å². The average Bonchev–Trinajstić information content (AvgIpc) is 2.20. The summed E-state index contributed by atoms with van der Waals surface area (Å²) in [6.45, 7) is 5.00. The van der Waals surface area contributed by atoms with Crippen molar-refractivity contribution >= 4 is 0 Å². The highest BCUT2D eigenvalue weighted by Crippen LogP contribution is 1.83. The minimum absolute atomic E-state index is 0.0486. The maximum atomic E-state index is 9.31. The Labute approximate surface area is 85.0 Å². The molecule has 0 amide bonds. The molecule has 0 aromatic carbocycles. The lowest BCUT2D eigenvalue weighted by Crippen LogP contribution is -2.32. The van der Waals surface area contributed by atoms with Crippen LogP contribution >= 0.6 is 0 Å². The van der Waals surface area contributed by atoms with Gasteiger partial charge in [0.2, 0.25) is 0 Å². The molecule has 3 N–H and O–H groups in total. The average molecular weight is 207 g/mol. The fraction of sp³-hybridized carbons (Fsp3) is 1.00. The maximum absolute atomic E-state index is 9.31. The van der Waals surface area contributed by atoms with Gasteiger partial charge in [0.05, 0.1) is 32.5 Å². The summed E-state index contributed by atoms with van der Waals surface area (Å²) in [6, 6.07) is 0. The monoisotopic (exact) mass is 207 g/mol. The largest absolute Gasteiger partial charge is 0.394 e. The van der Waals surface area contributed by atoms with Gasteiger partial charge in [0.25, 0.3) is 0 Å². The predicted octanol–water partition coefficient (Wildman–Crippen LogP) is -1.02. The van der Waals surface area contributed by atoms with Crippen LogP contribution in [0.15, 0.2) is 0 Å². The lowest BCUT2D eigenvalue weighted by molar-refractivity contribution is 0.0406. The molecule has 86 valence electrons. The molecular formula is C9H21NO4. The minimum atomic E-state index is -0.465. The molecule has 5 heteroatoms. The van der Waals surface area contributed by atoms with Gasteiger partial charge in [0.15, 0.2) is 0 Å².